The van der Waals surface area contributed by atoms with Gasteiger partial charge in [-0.15, -0.1) is 11.8 Å². The van der Waals surface area contributed by atoms with Gasteiger partial charge < -0.3 is 4.90 Å². The number of para-hydroxylation sites is 1. The maximum absolute atomic E-state index is 12.7. The smallest absolute Gasteiger partial charge is 0.248 e. The Hall–Kier alpha value is -1.47. The zero-order valence-corrected chi connectivity index (χ0v) is 16.2. The van der Waals surface area contributed by atoms with Crippen LogP contribution in [-0.4, -0.2) is 57.3 Å². The Balaban J connectivity index is 1.81. The first-order valence-corrected chi connectivity index (χ1v) is 10.7. The SMILES string of the molecule is CC(C)c1ccccc1N=C1SCCCN1C(=O)CN1CSCC1=O. The molecular formula is C18H23N3O2S2. The predicted molar refractivity (Wildman–Crippen MR) is 105 cm³/mol. The second kappa shape index (κ2) is 8.27. The van der Waals surface area contributed by atoms with Crippen LogP contribution in [0.25, 0.3) is 0 Å². The van der Waals surface area contributed by atoms with E-state index >= 15 is 0 Å². The van der Waals surface area contributed by atoms with Crippen molar-refractivity contribution in [3.8, 4) is 0 Å². The van der Waals surface area contributed by atoms with Crippen LogP contribution in [0.5, 0.6) is 0 Å². The molecule has 2 aliphatic heterocycles. The Kier molecular flexibility index (Phi) is 6.06. The molecule has 0 aliphatic carbocycles. The molecular weight excluding hydrogens is 354 g/mol. The van der Waals surface area contributed by atoms with E-state index in [0.29, 0.717) is 24.1 Å². The molecule has 0 spiro atoms. The molecule has 0 atom stereocenters. The highest BCUT2D eigenvalue weighted by Gasteiger charge is 2.29. The Morgan fingerprint density at radius 2 is 2.12 bits per heavy atom. The Morgan fingerprint density at radius 1 is 1.32 bits per heavy atom. The number of nitrogens with zero attached hydrogens (tertiary/aromatic N) is 3. The van der Waals surface area contributed by atoms with E-state index < -0.39 is 0 Å². The zero-order chi connectivity index (χ0) is 17.8. The fourth-order valence-electron chi connectivity index (χ4n) is 2.85. The van der Waals surface area contributed by atoms with Gasteiger partial charge in [-0.05, 0) is 24.0 Å². The fourth-order valence-corrected chi connectivity index (χ4v) is 4.73. The summed E-state index contributed by atoms with van der Waals surface area (Å²) in [6.45, 7) is 5.11. The third kappa shape index (κ3) is 4.39. The summed E-state index contributed by atoms with van der Waals surface area (Å²) in [5.41, 5.74) is 2.10. The first-order valence-electron chi connectivity index (χ1n) is 8.52. The minimum Gasteiger partial charge on any atom is -0.323 e. The number of carbonyl (C=O) groups excluding carboxylic acids is 2. The molecule has 2 saturated heterocycles. The molecule has 0 unspecified atom stereocenters. The highest BCUT2D eigenvalue weighted by molar-refractivity contribution is 8.13. The van der Waals surface area contributed by atoms with Gasteiger partial charge in [-0.25, -0.2) is 4.99 Å². The van der Waals surface area contributed by atoms with Crippen LogP contribution in [0.15, 0.2) is 29.3 Å². The second-order valence-corrected chi connectivity index (χ2v) is 8.44. The van der Waals surface area contributed by atoms with Crippen molar-refractivity contribution in [2.24, 2.45) is 4.99 Å². The molecule has 2 aliphatic rings. The number of hydrogen-bond acceptors (Lipinski definition) is 5. The van der Waals surface area contributed by atoms with Gasteiger partial charge >= 0.3 is 0 Å². The Labute approximate surface area is 157 Å². The second-order valence-electron chi connectivity index (χ2n) is 6.42. The molecule has 25 heavy (non-hydrogen) atoms. The lowest BCUT2D eigenvalue weighted by molar-refractivity contribution is -0.135. The summed E-state index contributed by atoms with van der Waals surface area (Å²) in [6, 6.07) is 8.09. The van der Waals surface area contributed by atoms with Gasteiger partial charge in [0.25, 0.3) is 0 Å². The van der Waals surface area contributed by atoms with E-state index in [0.717, 1.165) is 23.0 Å². The van der Waals surface area contributed by atoms with Crippen LogP contribution in [0.1, 0.15) is 31.7 Å². The summed E-state index contributed by atoms with van der Waals surface area (Å²) in [4.78, 5) is 32.7. The number of thioether (sulfide) groups is 2. The highest BCUT2D eigenvalue weighted by Crippen LogP contribution is 2.29. The molecule has 0 radical (unpaired) electrons. The average Bonchev–Trinajstić information content (AvgIpc) is 3.00. The standard InChI is InChI=1S/C18H23N3O2S2/c1-13(2)14-6-3-4-7-15(14)19-18-21(8-5-9-25-18)16(22)10-20-12-24-11-17(20)23/h3-4,6-7,13H,5,8-12H2,1-2H3. The quantitative estimate of drug-likeness (QED) is 0.808. The van der Waals surface area contributed by atoms with E-state index in [4.69, 9.17) is 4.99 Å². The van der Waals surface area contributed by atoms with Gasteiger partial charge in [0.05, 0.1) is 17.3 Å². The number of amides is 2. The number of hydrogen-bond donors (Lipinski definition) is 0. The first kappa shape index (κ1) is 18.3. The molecule has 134 valence electrons. The summed E-state index contributed by atoms with van der Waals surface area (Å²) >= 11 is 3.18. The molecule has 5 nitrogen and oxygen atoms in total. The summed E-state index contributed by atoms with van der Waals surface area (Å²) in [7, 11) is 0. The number of benzene rings is 1. The van der Waals surface area contributed by atoms with Gasteiger partial charge in [0.15, 0.2) is 5.17 Å². The van der Waals surface area contributed by atoms with Gasteiger partial charge in [0.1, 0.15) is 6.54 Å². The number of rotatable bonds is 4. The highest BCUT2D eigenvalue weighted by atomic mass is 32.2. The van der Waals surface area contributed by atoms with E-state index in [1.54, 1.807) is 33.3 Å². The summed E-state index contributed by atoms with van der Waals surface area (Å²) in [5, 5.41) is 0.753. The Morgan fingerprint density at radius 3 is 2.84 bits per heavy atom. The van der Waals surface area contributed by atoms with Crippen molar-refractivity contribution in [1.82, 2.24) is 9.80 Å². The molecule has 0 aromatic heterocycles. The lowest BCUT2D eigenvalue weighted by Crippen LogP contribution is -2.45. The molecule has 2 heterocycles. The van der Waals surface area contributed by atoms with Crippen LogP contribution in [-0.2, 0) is 9.59 Å². The summed E-state index contributed by atoms with van der Waals surface area (Å²) in [6.07, 6.45) is 0.948. The van der Waals surface area contributed by atoms with E-state index in [9.17, 15) is 9.59 Å². The molecule has 0 bridgehead atoms. The van der Waals surface area contributed by atoms with Gasteiger partial charge in [-0.3, -0.25) is 14.5 Å². The van der Waals surface area contributed by atoms with E-state index in [-0.39, 0.29) is 18.4 Å². The van der Waals surface area contributed by atoms with Crippen molar-refractivity contribution >= 4 is 46.2 Å². The van der Waals surface area contributed by atoms with Crippen molar-refractivity contribution in [1.29, 1.82) is 0 Å². The maximum atomic E-state index is 12.7. The van der Waals surface area contributed by atoms with Crippen molar-refractivity contribution in [2.75, 3.05) is 30.5 Å². The largest absolute Gasteiger partial charge is 0.323 e. The molecule has 0 N–H and O–H groups in total. The fraction of sp³-hybridized carbons (Fsp3) is 0.500. The molecule has 3 rings (SSSR count). The van der Waals surface area contributed by atoms with Crippen LogP contribution in [0.4, 0.5) is 5.69 Å². The van der Waals surface area contributed by atoms with Crippen molar-refractivity contribution < 1.29 is 9.59 Å². The Bertz CT molecular complexity index is 691. The third-order valence-corrected chi connectivity index (χ3v) is 6.22. The molecule has 2 amide bonds. The molecule has 1 aromatic carbocycles. The predicted octanol–water partition coefficient (Wildman–Crippen LogP) is 3.30. The monoisotopic (exact) mass is 377 g/mol. The normalized spacial score (nSPS) is 20.0. The molecule has 2 fully saturated rings. The minimum atomic E-state index is -0.0381. The topological polar surface area (TPSA) is 53.0 Å². The van der Waals surface area contributed by atoms with E-state index in [1.807, 2.05) is 18.2 Å². The number of aliphatic imine (C=N–C) groups is 1. The molecule has 1 aromatic rings. The van der Waals surface area contributed by atoms with E-state index in [2.05, 4.69) is 19.9 Å². The third-order valence-electron chi connectivity index (χ3n) is 4.22. The molecule has 7 heteroatoms. The maximum Gasteiger partial charge on any atom is 0.248 e. The van der Waals surface area contributed by atoms with Gasteiger partial charge in [-0.1, -0.05) is 43.8 Å². The lowest BCUT2D eigenvalue weighted by Gasteiger charge is -2.29. The number of carbonyl (C=O) groups is 2. The van der Waals surface area contributed by atoms with Crippen molar-refractivity contribution in [3.63, 3.8) is 0 Å². The van der Waals surface area contributed by atoms with Crippen molar-refractivity contribution in [3.05, 3.63) is 29.8 Å². The average molecular weight is 378 g/mol. The zero-order valence-electron chi connectivity index (χ0n) is 14.6. The van der Waals surface area contributed by atoms with Crippen LogP contribution in [0, 0.1) is 0 Å². The lowest BCUT2D eigenvalue weighted by atomic mass is 10.0. The van der Waals surface area contributed by atoms with Crippen LogP contribution in [0.3, 0.4) is 0 Å². The summed E-state index contributed by atoms with van der Waals surface area (Å²) in [5.74, 6) is 2.43. The summed E-state index contributed by atoms with van der Waals surface area (Å²) < 4.78 is 0. The van der Waals surface area contributed by atoms with Crippen molar-refractivity contribution in [2.45, 2.75) is 26.2 Å². The van der Waals surface area contributed by atoms with Crippen LogP contribution >= 0.6 is 23.5 Å². The van der Waals surface area contributed by atoms with Crippen LogP contribution < -0.4 is 0 Å². The van der Waals surface area contributed by atoms with Gasteiger partial charge in [0.2, 0.25) is 11.8 Å². The van der Waals surface area contributed by atoms with Gasteiger partial charge in [0, 0.05) is 12.3 Å². The minimum absolute atomic E-state index is 0.0381. The van der Waals surface area contributed by atoms with Crippen LogP contribution in [0.2, 0.25) is 0 Å². The first-order chi connectivity index (χ1) is 12.1. The molecule has 0 saturated carbocycles. The van der Waals surface area contributed by atoms with E-state index in [1.165, 1.54) is 5.56 Å². The number of amidine groups is 1. The van der Waals surface area contributed by atoms with Gasteiger partial charge in [-0.2, -0.15) is 0 Å².